The summed E-state index contributed by atoms with van der Waals surface area (Å²) in [7, 11) is 0. The van der Waals surface area contributed by atoms with Crippen molar-refractivity contribution in [2.45, 2.75) is 19.8 Å². The number of aryl methyl sites for hydroxylation is 1. The SMILES string of the molecule is CCCc1ccc(-n2c3ccccc3c3c4c5ccccc5n(-c5ccc6oc7cc(-c8nc(-c9ccccc9)nc(-c9ccccc9)n8)ccc7c6c5)c4ccc32)cc1. The lowest BCUT2D eigenvalue weighted by Gasteiger charge is -2.10. The van der Waals surface area contributed by atoms with Gasteiger partial charge in [0.1, 0.15) is 11.2 Å². The zero-order valence-corrected chi connectivity index (χ0v) is 32.9. The summed E-state index contributed by atoms with van der Waals surface area (Å²) in [6.45, 7) is 2.23. The minimum absolute atomic E-state index is 0.595. The average molecular weight is 772 g/mol. The van der Waals surface area contributed by atoms with Gasteiger partial charge in [0.05, 0.1) is 22.1 Å². The number of benzene rings is 8. The summed E-state index contributed by atoms with van der Waals surface area (Å²) in [5, 5.41) is 7.08. The summed E-state index contributed by atoms with van der Waals surface area (Å²) in [6, 6.07) is 64.2. The van der Waals surface area contributed by atoms with Crippen LogP contribution < -0.4 is 0 Å². The highest BCUT2D eigenvalue weighted by Gasteiger charge is 2.21. The zero-order valence-electron chi connectivity index (χ0n) is 32.9. The Bertz CT molecular complexity index is 3540. The first-order chi connectivity index (χ1) is 29.7. The van der Waals surface area contributed by atoms with Crippen LogP contribution in [0.5, 0.6) is 0 Å². The Morgan fingerprint density at radius 1 is 0.400 bits per heavy atom. The van der Waals surface area contributed by atoms with E-state index in [1.54, 1.807) is 0 Å². The van der Waals surface area contributed by atoms with Crippen molar-refractivity contribution in [2.24, 2.45) is 0 Å². The first kappa shape index (κ1) is 34.2. The number of aromatic nitrogens is 5. The predicted octanol–water partition coefficient (Wildman–Crippen LogP) is 13.9. The van der Waals surface area contributed by atoms with E-state index in [4.69, 9.17) is 19.4 Å². The first-order valence-electron chi connectivity index (χ1n) is 20.6. The van der Waals surface area contributed by atoms with Crippen molar-refractivity contribution in [1.29, 1.82) is 0 Å². The molecule has 60 heavy (non-hydrogen) atoms. The molecule has 0 amide bonds. The Kier molecular flexibility index (Phi) is 7.78. The van der Waals surface area contributed by atoms with Crippen LogP contribution in [-0.4, -0.2) is 24.1 Å². The Morgan fingerprint density at radius 3 is 1.53 bits per heavy atom. The van der Waals surface area contributed by atoms with Gasteiger partial charge in [0.2, 0.25) is 0 Å². The molecule has 4 heterocycles. The molecule has 8 aromatic carbocycles. The smallest absolute Gasteiger partial charge is 0.164 e. The molecule has 4 aromatic heterocycles. The minimum atomic E-state index is 0.595. The molecule has 6 heteroatoms. The minimum Gasteiger partial charge on any atom is -0.456 e. The summed E-state index contributed by atoms with van der Waals surface area (Å²) in [6.07, 6.45) is 2.22. The van der Waals surface area contributed by atoms with E-state index in [-0.39, 0.29) is 0 Å². The molecule has 0 atom stereocenters. The van der Waals surface area contributed by atoms with Gasteiger partial charge in [-0.1, -0.05) is 129 Å². The maximum Gasteiger partial charge on any atom is 0.164 e. The van der Waals surface area contributed by atoms with E-state index in [0.29, 0.717) is 17.5 Å². The van der Waals surface area contributed by atoms with Crippen LogP contribution in [0.3, 0.4) is 0 Å². The predicted molar refractivity (Wildman–Crippen MR) is 246 cm³/mol. The number of fused-ring (bicyclic) bond motifs is 10. The van der Waals surface area contributed by atoms with E-state index >= 15 is 0 Å². The van der Waals surface area contributed by atoms with E-state index in [0.717, 1.165) is 68.2 Å². The first-order valence-corrected chi connectivity index (χ1v) is 20.6. The number of furan rings is 1. The number of rotatable bonds is 7. The van der Waals surface area contributed by atoms with Gasteiger partial charge >= 0.3 is 0 Å². The third-order valence-electron chi connectivity index (χ3n) is 11.9. The second-order valence-corrected chi connectivity index (χ2v) is 15.5. The van der Waals surface area contributed by atoms with E-state index in [1.165, 1.54) is 43.8 Å². The van der Waals surface area contributed by atoms with Crippen LogP contribution in [0.25, 0.3) is 111 Å². The van der Waals surface area contributed by atoms with Crippen molar-refractivity contribution in [2.75, 3.05) is 0 Å². The zero-order chi connectivity index (χ0) is 39.7. The second kappa shape index (κ2) is 13.6. The Morgan fingerprint density at radius 2 is 0.933 bits per heavy atom. The van der Waals surface area contributed by atoms with Gasteiger partial charge in [-0.15, -0.1) is 0 Å². The molecular formula is C54H37N5O. The maximum absolute atomic E-state index is 6.58. The summed E-state index contributed by atoms with van der Waals surface area (Å²) in [4.78, 5) is 14.8. The van der Waals surface area contributed by atoms with Crippen molar-refractivity contribution in [1.82, 2.24) is 24.1 Å². The molecular weight excluding hydrogens is 735 g/mol. The van der Waals surface area contributed by atoms with Gasteiger partial charge in [-0.2, -0.15) is 0 Å². The van der Waals surface area contributed by atoms with Gasteiger partial charge in [0, 0.05) is 60.4 Å². The molecule has 0 N–H and O–H groups in total. The number of hydrogen-bond acceptors (Lipinski definition) is 4. The fourth-order valence-electron chi connectivity index (χ4n) is 9.16. The number of hydrogen-bond donors (Lipinski definition) is 0. The summed E-state index contributed by atoms with van der Waals surface area (Å²) >= 11 is 0. The van der Waals surface area contributed by atoms with Crippen LogP contribution in [0, 0.1) is 0 Å². The number of para-hydroxylation sites is 2. The highest BCUT2D eigenvalue weighted by molar-refractivity contribution is 6.29. The van der Waals surface area contributed by atoms with Crippen LogP contribution in [0.4, 0.5) is 0 Å². The topological polar surface area (TPSA) is 61.7 Å². The van der Waals surface area contributed by atoms with Gasteiger partial charge in [-0.25, -0.2) is 15.0 Å². The summed E-state index contributed by atoms with van der Waals surface area (Å²) in [5.74, 6) is 1.85. The van der Waals surface area contributed by atoms with Gasteiger partial charge in [-0.05, 0) is 78.7 Å². The molecule has 0 bridgehead atoms. The lowest BCUT2D eigenvalue weighted by Crippen LogP contribution is -2.00. The van der Waals surface area contributed by atoms with Crippen LogP contribution in [-0.2, 0) is 6.42 Å². The van der Waals surface area contributed by atoms with Crippen molar-refractivity contribution in [3.05, 3.63) is 188 Å². The van der Waals surface area contributed by atoms with Crippen LogP contribution in [0.1, 0.15) is 18.9 Å². The molecule has 6 nitrogen and oxygen atoms in total. The van der Waals surface area contributed by atoms with Crippen LogP contribution in [0.15, 0.2) is 186 Å². The third-order valence-corrected chi connectivity index (χ3v) is 11.9. The summed E-state index contributed by atoms with van der Waals surface area (Å²) < 4.78 is 11.4. The second-order valence-electron chi connectivity index (χ2n) is 15.5. The molecule has 0 saturated carbocycles. The van der Waals surface area contributed by atoms with E-state index < -0.39 is 0 Å². The molecule has 0 aliphatic heterocycles. The van der Waals surface area contributed by atoms with Crippen molar-refractivity contribution in [3.8, 4) is 45.5 Å². The van der Waals surface area contributed by atoms with Gasteiger partial charge in [0.25, 0.3) is 0 Å². The third kappa shape index (κ3) is 5.38. The molecule has 0 aliphatic rings. The molecule has 12 aromatic rings. The number of nitrogens with zero attached hydrogens (tertiary/aromatic N) is 5. The Balaban J connectivity index is 1.02. The molecule has 12 rings (SSSR count). The fourth-order valence-corrected chi connectivity index (χ4v) is 9.16. The average Bonchev–Trinajstić information content (AvgIpc) is 3.97. The van der Waals surface area contributed by atoms with Gasteiger partial charge in [0.15, 0.2) is 17.5 Å². The van der Waals surface area contributed by atoms with E-state index in [2.05, 4.69) is 137 Å². The fraction of sp³-hybridized carbons (Fsp3) is 0.0556. The molecule has 284 valence electrons. The maximum atomic E-state index is 6.58. The largest absolute Gasteiger partial charge is 0.456 e. The normalized spacial score (nSPS) is 11.9. The molecule has 0 fully saturated rings. The Hall–Kier alpha value is -7.83. The van der Waals surface area contributed by atoms with Crippen molar-refractivity contribution >= 4 is 65.6 Å². The summed E-state index contributed by atoms with van der Waals surface area (Å²) in [5.41, 5.74) is 12.7. The lowest BCUT2D eigenvalue weighted by atomic mass is 10.1. The molecule has 0 aliphatic carbocycles. The molecule has 0 unspecified atom stereocenters. The van der Waals surface area contributed by atoms with E-state index in [1.807, 2.05) is 60.7 Å². The monoisotopic (exact) mass is 771 g/mol. The Labute approximate surface area is 345 Å². The van der Waals surface area contributed by atoms with Crippen molar-refractivity contribution < 1.29 is 4.42 Å². The van der Waals surface area contributed by atoms with Crippen LogP contribution in [0.2, 0.25) is 0 Å². The molecule has 0 spiro atoms. The van der Waals surface area contributed by atoms with Gasteiger partial charge < -0.3 is 13.6 Å². The highest BCUT2D eigenvalue weighted by Crippen LogP contribution is 2.43. The quantitative estimate of drug-likeness (QED) is 0.162. The molecule has 0 saturated heterocycles. The standard InChI is InChI=1S/C54H37N5O/c1-2-13-34-22-25-38(26-23-34)58-44-20-11-9-18-41(44)50-46(58)29-30-47-51(50)42-19-10-12-21-45(42)59(47)39-27-31-48-43(33-39)40-28-24-37(32-49(40)60-48)54-56-52(35-14-5-3-6-15-35)55-53(57-54)36-16-7-4-8-17-36/h3-12,14-33H,2,13H2,1H3. The molecule has 0 radical (unpaired) electrons. The highest BCUT2D eigenvalue weighted by atomic mass is 16.3. The van der Waals surface area contributed by atoms with Crippen molar-refractivity contribution in [3.63, 3.8) is 0 Å². The lowest BCUT2D eigenvalue weighted by molar-refractivity contribution is 0.669. The van der Waals surface area contributed by atoms with Gasteiger partial charge in [-0.3, -0.25) is 0 Å². The van der Waals surface area contributed by atoms with Crippen LogP contribution >= 0.6 is 0 Å². The van der Waals surface area contributed by atoms with E-state index in [9.17, 15) is 0 Å².